The second-order valence-corrected chi connectivity index (χ2v) is 6.41. The van der Waals surface area contributed by atoms with E-state index in [1.807, 2.05) is 0 Å². The third-order valence-corrected chi connectivity index (χ3v) is 4.99. The second kappa shape index (κ2) is 6.06. The molecule has 2 N–H and O–H groups in total. The van der Waals surface area contributed by atoms with Crippen LogP contribution in [0.4, 0.5) is 0 Å². The highest BCUT2D eigenvalue weighted by atomic mass is 15.2. The van der Waals surface area contributed by atoms with Gasteiger partial charge in [0, 0.05) is 25.7 Å². The zero-order valence-corrected chi connectivity index (χ0v) is 11.8. The fourth-order valence-electron chi connectivity index (χ4n) is 3.97. The van der Waals surface area contributed by atoms with E-state index in [2.05, 4.69) is 35.2 Å². The van der Waals surface area contributed by atoms with E-state index in [0.717, 1.165) is 24.9 Å². The lowest BCUT2D eigenvalue weighted by molar-refractivity contribution is 0.227. The van der Waals surface area contributed by atoms with Gasteiger partial charge >= 0.3 is 0 Å². The summed E-state index contributed by atoms with van der Waals surface area (Å²) in [4.78, 5) is 2.55. The van der Waals surface area contributed by atoms with Crippen LogP contribution in [-0.2, 0) is 6.54 Å². The van der Waals surface area contributed by atoms with Crippen molar-refractivity contribution >= 4 is 0 Å². The van der Waals surface area contributed by atoms with Gasteiger partial charge in [0.25, 0.3) is 0 Å². The highest BCUT2D eigenvalue weighted by Gasteiger charge is 2.35. The number of benzene rings is 1. The Kier molecular flexibility index (Phi) is 4.19. The highest BCUT2D eigenvalue weighted by Crippen LogP contribution is 2.35. The minimum absolute atomic E-state index is 0.395. The average Bonchev–Trinajstić information content (AvgIpc) is 2.82. The number of nitrogens with zero attached hydrogens (tertiary/aromatic N) is 1. The molecule has 1 aliphatic carbocycles. The zero-order chi connectivity index (χ0) is 13.1. The van der Waals surface area contributed by atoms with Crippen molar-refractivity contribution in [1.82, 2.24) is 4.90 Å². The summed E-state index contributed by atoms with van der Waals surface area (Å²) in [5, 5.41) is 0. The lowest BCUT2D eigenvalue weighted by Gasteiger charge is -2.29. The Labute approximate surface area is 117 Å². The van der Waals surface area contributed by atoms with Crippen LogP contribution >= 0.6 is 0 Å². The number of nitrogens with two attached hydrogens (primary N) is 1. The fourth-order valence-corrected chi connectivity index (χ4v) is 3.97. The smallest absolute Gasteiger partial charge is 0.0234 e. The molecule has 1 saturated heterocycles. The van der Waals surface area contributed by atoms with Crippen LogP contribution in [0.1, 0.15) is 37.7 Å². The van der Waals surface area contributed by atoms with Gasteiger partial charge in [-0.3, -0.25) is 4.90 Å². The summed E-state index contributed by atoms with van der Waals surface area (Å²) in [5.74, 6) is 1.63. The van der Waals surface area contributed by atoms with Crippen LogP contribution in [0.5, 0.6) is 0 Å². The molecule has 2 heteroatoms. The Morgan fingerprint density at radius 2 is 1.74 bits per heavy atom. The van der Waals surface area contributed by atoms with Crippen molar-refractivity contribution in [3.05, 3.63) is 35.9 Å². The molecule has 0 bridgehead atoms. The Hall–Kier alpha value is -0.860. The summed E-state index contributed by atoms with van der Waals surface area (Å²) in [6.45, 7) is 3.36. The molecule has 2 aliphatic rings. The third kappa shape index (κ3) is 3.18. The van der Waals surface area contributed by atoms with E-state index in [4.69, 9.17) is 5.73 Å². The van der Waals surface area contributed by atoms with Gasteiger partial charge in [-0.1, -0.05) is 62.4 Å². The van der Waals surface area contributed by atoms with E-state index in [9.17, 15) is 0 Å². The molecule has 0 spiro atoms. The van der Waals surface area contributed by atoms with Gasteiger partial charge in [-0.2, -0.15) is 0 Å². The summed E-state index contributed by atoms with van der Waals surface area (Å²) in [6.07, 6.45) is 7.11. The number of hydrogen-bond donors (Lipinski definition) is 1. The fraction of sp³-hybridized carbons (Fsp3) is 0.647. The van der Waals surface area contributed by atoms with Crippen LogP contribution < -0.4 is 5.73 Å². The number of likely N-dealkylation sites (tertiary alicyclic amines) is 1. The Morgan fingerprint density at radius 1 is 1.00 bits per heavy atom. The van der Waals surface area contributed by atoms with E-state index in [-0.39, 0.29) is 0 Å². The molecular formula is C17H26N2. The maximum Gasteiger partial charge on any atom is 0.0234 e. The predicted octanol–water partition coefficient (Wildman–Crippen LogP) is 3.03. The average molecular weight is 258 g/mol. The SMILES string of the molecule is N[C@H]1CN(Cc2ccccc2)C[C@H]1C1CCCCC1. The largest absolute Gasteiger partial charge is 0.326 e. The number of rotatable bonds is 3. The van der Waals surface area contributed by atoms with E-state index in [1.165, 1.54) is 44.2 Å². The topological polar surface area (TPSA) is 29.3 Å². The minimum Gasteiger partial charge on any atom is -0.326 e. The van der Waals surface area contributed by atoms with Crippen molar-refractivity contribution in [3.63, 3.8) is 0 Å². The molecule has 0 unspecified atom stereocenters. The molecule has 2 atom stereocenters. The van der Waals surface area contributed by atoms with Crippen LogP contribution in [0.15, 0.2) is 30.3 Å². The van der Waals surface area contributed by atoms with Gasteiger partial charge in [0.2, 0.25) is 0 Å². The second-order valence-electron chi connectivity index (χ2n) is 6.41. The quantitative estimate of drug-likeness (QED) is 0.903. The van der Waals surface area contributed by atoms with Gasteiger partial charge in [-0.25, -0.2) is 0 Å². The summed E-state index contributed by atoms with van der Waals surface area (Å²) >= 11 is 0. The Morgan fingerprint density at radius 3 is 2.47 bits per heavy atom. The zero-order valence-electron chi connectivity index (χ0n) is 11.8. The summed E-state index contributed by atoms with van der Waals surface area (Å²) < 4.78 is 0. The van der Waals surface area contributed by atoms with Gasteiger partial charge in [-0.05, 0) is 17.4 Å². The maximum atomic E-state index is 6.41. The van der Waals surface area contributed by atoms with E-state index >= 15 is 0 Å². The van der Waals surface area contributed by atoms with Crippen molar-refractivity contribution in [1.29, 1.82) is 0 Å². The Balaban J connectivity index is 1.58. The molecule has 104 valence electrons. The summed E-state index contributed by atoms with van der Waals surface area (Å²) in [7, 11) is 0. The monoisotopic (exact) mass is 258 g/mol. The van der Waals surface area contributed by atoms with Crippen LogP contribution in [0.2, 0.25) is 0 Å². The third-order valence-electron chi connectivity index (χ3n) is 4.99. The highest BCUT2D eigenvalue weighted by molar-refractivity contribution is 5.14. The molecule has 3 rings (SSSR count). The van der Waals surface area contributed by atoms with Gasteiger partial charge in [0.05, 0.1) is 0 Å². The maximum absolute atomic E-state index is 6.41. The molecule has 1 heterocycles. The first-order valence-electron chi connectivity index (χ1n) is 7.85. The van der Waals surface area contributed by atoms with Crippen LogP contribution in [0.25, 0.3) is 0 Å². The molecule has 1 aromatic rings. The molecule has 1 saturated carbocycles. The summed E-state index contributed by atoms with van der Waals surface area (Å²) in [6, 6.07) is 11.2. The Bertz CT molecular complexity index is 384. The lowest BCUT2D eigenvalue weighted by atomic mass is 9.78. The van der Waals surface area contributed by atoms with Crippen molar-refractivity contribution in [2.75, 3.05) is 13.1 Å². The van der Waals surface area contributed by atoms with Crippen LogP contribution in [-0.4, -0.2) is 24.0 Å². The first-order valence-corrected chi connectivity index (χ1v) is 7.85. The lowest BCUT2D eigenvalue weighted by Crippen LogP contribution is -2.34. The molecule has 1 aliphatic heterocycles. The molecule has 0 aromatic heterocycles. The first-order chi connectivity index (χ1) is 9.33. The van der Waals surface area contributed by atoms with Crippen molar-refractivity contribution in [3.8, 4) is 0 Å². The van der Waals surface area contributed by atoms with Gasteiger partial charge in [-0.15, -0.1) is 0 Å². The molecule has 19 heavy (non-hydrogen) atoms. The van der Waals surface area contributed by atoms with Crippen LogP contribution in [0.3, 0.4) is 0 Å². The predicted molar refractivity (Wildman–Crippen MR) is 79.8 cm³/mol. The van der Waals surface area contributed by atoms with Gasteiger partial charge < -0.3 is 5.73 Å². The van der Waals surface area contributed by atoms with Gasteiger partial charge in [0.15, 0.2) is 0 Å². The summed E-state index contributed by atoms with van der Waals surface area (Å²) in [5.41, 5.74) is 7.83. The van der Waals surface area contributed by atoms with Crippen molar-refractivity contribution in [2.24, 2.45) is 17.6 Å². The van der Waals surface area contributed by atoms with Crippen molar-refractivity contribution < 1.29 is 0 Å². The molecule has 2 fully saturated rings. The van der Waals surface area contributed by atoms with E-state index < -0.39 is 0 Å². The normalized spacial score (nSPS) is 29.7. The van der Waals surface area contributed by atoms with Gasteiger partial charge in [0.1, 0.15) is 0 Å². The van der Waals surface area contributed by atoms with Crippen LogP contribution in [0, 0.1) is 11.8 Å². The standard InChI is InChI=1S/C17H26N2/c18-17-13-19(11-14-7-3-1-4-8-14)12-16(17)15-9-5-2-6-10-15/h1,3-4,7-8,15-17H,2,5-6,9-13,18H2/t16-,17-/m0/s1. The van der Waals surface area contributed by atoms with Crippen molar-refractivity contribution in [2.45, 2.75) is 44.7 Å². The molecule has 1 aromatic carbocycles. The number of hydrogen-bond acceptors (Lipinski definition) is 2. The molecule has 0 amide bonds. The molecule has 0 radical (unpaired) electrons. The molecular weight excluding hydrogens is 232 g/mol. The first kappa shape index (κ1) is 13.1. The molecule has 2 nitrogen and oxygen atoms in total. The van der Waals surface area contributed by atoms with E-state index in [1.54, 1.807) is 0 Å². The minimum atomic E-state index is 0.395. The van der Waals surface area contributed by atoms with E-state index in [0.29, 0.717) is 6.04 Å².